The summed E-state index contributed by atoms with van der Waals surface area (Å²) in [5, 5.41) is 19.1. The first kappa shape index (κ1) is 20.7. The van der Waals surface area contributed by atoms with E-state index in [1.165, 1.54) is 0 Å². The zero-order chi connectivity index (χ0) is 16.1. The Labute approximate surface area is 119 Å². The summed E-state index contributed by atoms with van der Waals surface area (Å²) in [5.74, 6) is -1.52. The lowest BCUT2D eigenvalue weighted by Gasteiger charge is -2.08. The van der Waals surface area contributed by atoms with Crippen LogP contribution in [0.5, 0.6) is 0 Å². The summed E-state index contributed by atoms with van der Waals surface area (Å²) in [6.45, 7) is 5.87. The van der Waals surface area contributed by atoms with Crippen molar-refractivity contribution in [2.24, 2.45) is 11.7 Å². The van der Waals surface area contributed by atoms with Gasteiger partial charge in [-0.25, -0.2) is 4.79 Å². The van der Waals surface area contributed by atoms with Gasteiger partial charge in [-0.15, -0.1) is 0 Å². The number of nitrogens with two attached hydrogens (primary N) is 1. The lowest BCUT2D eigenvalue weighted by Crippen LogP contribution is -2.35. The van der Waals surface area contributed by atoms with Gasteiger partial charge in [-0.05, 0) is 18.8 Å². The molecule has 7 nitrogen and oxygen atoms in total. The molecule has 118 valence electrons. The van der Waals surface area contributed by atoms with Gasteiger partial charge in [0.15, 0.2) is 0 Å². The van der Waals surface area contributed by atoms with Gasteiger partial charge in [0.1, 0.15) is 12.1 Å². The van der Waals surface area contributed by atoms with E-state index in [4.69, 9.17) is 15.9 Å². The van der Waals surface area contributed by atoms with Crippen molar-refractivity contribution in [3.63, 3.8) is 0 Å². The summed E-state index contributed by atoms with van der Waals surface area (Å²) in [6, 6.07) is -1.41. The third-order valence-corrected chi connectivity index (χ3v) is 2.46. The quantitative estimate of drug-likeness (QED) is 0.465. The predicted octanol–water partition coefficient (Wildman–Crippen LogP) is 0.820. The molecule has 1 amide bonds. The van der Waals surface area contributed by atoms with E-state index >= 15 is 0 Å². The number of hydrogen-bond donors (Lipinski definition) is 4. The first-order valence-corrected chi connectivity index (χ1v) is 6.67. The Morgan fingerprint density at radius 2 is 1.80 bits per heavy atom. The summed E-state index contributed by atoms with van der Waals surface area (Å²) >= 11 is 0. The van der Waals surface area contributed by atoms with Crippen LogP contribution in [0.4, 0.5) is 0 Å². The minimum atomic E-state index is -0.967. The van der Waals surface area contributed by atoms with Crippen molar-refractivity contribution in [2.75, 3.05) is 0 Å². The Morgan fingerprint density at radius 3 is 2.05 bits per heavy atom. The van der Waals surface area contributed by atoms with Crippen molar-refractivity contribution in [3.05, 3.63) is 0 Å². The number of aliphatic carboxylic acids is 2. The summed E-state index contributed by atoms with van der Waals surface area (Å²) in [7, 11) is 0. The highest BCUT2D eigenvalue weighted by molar-refractivity contribution is 5.76. The lowest BCUT2D eigenvalue weighted by atomic mass is 10.1. The first-order valence-electron chi connectivity index (χ1n) is 6.67. The number of carbonyl (C=O) groups excluding carboxylic acids is 1. The molecule has 0 rings (SSSR count). The molecule has 0 unspecified atom stereocenters. The Morgan fingerprint density at radius 1 is 1.25 bits per heavy atom. The van der Waals surface area contributed by atoms with Crippen LogP contribution in [0.2, 0.25) is 0 Å². The average Bonchev–Trinajstić information content (AvgIpc) is 2.34. The summed E-state index contributed by atoms with van der Waals surface area (Å²) in [4.78, 5) is 30.4. The number of amides is 1. The average molecular weight is 290 g/mol. The van der Waals surface area contributed by atoms with Crippen LogP contribution in [-0.2, 0) is 14.4 Å². The van der Waals surface area contributed by atoms with Crippen molar-refractivity contribution in [1.82, 2.24) is 5.32 Å². The minimum absolute atomic E-state index is 0.357. The van der Waals surface area contributed by atoms with Crippen LogP contribution in [0.3, 0.4) is 0 Å². The number of unbranched alkanes of at least 4 members (excludes halogenated alkanes) is 1. The van der Waals surface area contributed by atoms with E-state index < -0.39 is 24.0 Å². The van der Waals surface area contributed by atoms with Crippen LogP contribution in [0, 0.1) is 5.92 Å². The number of carbonyl (C=O) groups is 3. The van der Waals surface area contributed by atoms with Crippen LogP contribution >= 0.6 is 0 Å². The van der Waals surface area contributed by atoms with Crippen LogP contribution < -0.4 is 11.1 Å². The second-order valence-corrected chi connectivity index (χ2v) is 4.89. The molecule has 0 aromatic carbocycles. The van der Waals surface area contributed by atoms with Crippen molar-refractivity contribution < 1.29 is 24.6 Å². The fraction of sp³-hybridized carbons (Fsp3) is 0.769. The highest BCUT2D eigenvalue weighted by atomic mass is 16.4. The third kappa shape index (κ3) is 12.8. The predicted molar refractivity (Wildman–Crippen MR) is 75.2 cm³/mol. The van der Waals surface area contributed by atoms with Crippen molar-refractivity contribution in [2.45, 2.75) is 58.5 Å². The van der Waals surface area contributed by atoms with Crippen molar-refractivity contribution in [3.8, 4) is 0 Å². The fourth-order valence-electron chi connectivity index (χ4n) is 1.38. The van der Waals surface area contributed by atoms with Gasteiger partial charge in [-0.3, -0.25) is 9.59 Å². The first-order chi connectivity index (χ1) is 9.26. The second-order valence-electron chi connectivity index (χ2n) is 4.89. The van der Waals surface area contributed by atoms with E-state index in [0.717, 1.165) is 12.8 Å². The van der Waals surface area contributed by atoms with Gasteiger partial charge in [0.2, 0.25) is 6.41 Å². The Bertz CT molecular complexity index is 294. The second kappa shape index (κ2) is 12.4. The molecule has 0 aliphatic rings. The number of nitrogens with one attached hydrogen (secondary N) is 1. The molecule has 0 aromatic heterocycles. The summed E-state index contributed by atoms with van der Waals surface area (Å²) < 4.78 is 0. The van der Waals surface area contributed by atoms with Crippen LogP contribution in [-0.4, -0.2) is 40.6 Å². The largest absolute Gasteiger partial charge is 0.480 e. The Kier molecular flexibility index (Phi) is 12.8. The molecule has 0 radical (unpaired) electrons. The van der Waals surface area contributed by atoms with Crippen LogP contribution in [0.25, 0.3) is 0 Å². The maximum absolute atomic E-state index is 10.4. The van der Waals surface area contributed by atoms with E-state index in [2.05, 4.69) is 5.32 Å². The van der Waals surface area contributed by atoms with Gasteiger partial charge in [0, 0.05) is 0 Å². The molecule has 0 aliphatic heterocycles. The smallest absolute Gasteiger partial charge is 0.326 e. The fourth-order valence-corrected chi connectivity index (χ4v) is 1.38. The monoisotopic (exact) mass is 290 g/mol. The molecule has 5 N–H and O–H groups in total. The molecular weight excluding hydrogens is 264 g/mol. The normalized spacial score (nSPS) is 12.8. The number of carboxylic acids is 2. The van der Waals surface area contributed by atoms with Gasteiger partial charge >= 0.3 is 11.9 Å². The summed E-state index contributed by atoms with van der Waals surface area (Å²) in [5.41, 5.74) is 5.22. The standard InChI is InChI=1S/C7H13NO3.C6H13NO2/c1-2-3-4-6(7(10)11)8-5-9;1-4(2)3-5(7)6(8)9/h5-6H,2-4H2,1H3,(H,8,9)(H,10,11);4-5H,3,7H2,1-2H3,(H,8,9)/t6-;5-/m00/s1. The van der Waals surface area contributed by atoms with E-state index in [0.29, 0.717) is 25.2 Å². The maximum atomic E-state index is 10.4. The number of rotatable bonds is 9. The van der Waals surface area contributed by atoms with E-state index in [-0.39, 0.29) is 0 Å². The number of hydrogen-bond acceptors (Lipinski definition) is 4. The highest BCUT2D eigenvalue weighted by Gasteiger charge is 2.14. The van der Waals surface area contributed by atoms with Gasteiger partial charge in [0.05, 0.1) is 0 Å². The molecule has 0 fully saturated rings. The summed E-state index contributed by atoms with van der Waals surface area (Å²) in [6.07, 6.45) is 3.23. The molecule has 20 heavy (non-hydrogen) atoms. The third-order valence-electron chi connectivity index (χ3n) is 2.46. The van der Waals surface area contributed by atoms with Crippen molar-refractivity contribution in [1.29, 1.82) is 0 Å². The van der Waals surface area contributed by atoms with Crippen LogP contribution in [0.15, 0.2) is 0 Å². The van der Waals surface area contributed by atoms with E-state index in [1.54, 1.807) is 0 Å². The van der Waals surface area contributed by atoms with Crippen LogP contribution in [0.1, 0.15) is 46.5 Å². The van der Waals surface area contributed by atoms with Gasteiger partial charge < -0.3 is 21.3 Å². The molecule has 0 heterocycles. The molecule has 2 atom stereocenters. The zero-order valence-corrected chi connectivity index (χ0v) is 12.3. The SMILES string of the molecule is CC(C)C[C@H](N)C(=O)O.CCCC[C@H](NC=O)C(=O)O. The zero-order valence-electron chi connectivity index (χ0n) is 12.3. The minimum Gasteiger partial charge on any atom is -0.480 e. The molecule has 0 saturated heterocycles. The maximum Gasteiger partial charge on any atom is 0.326 e. The van der Waals surface area contributed by atoms with Gasteiger partial charge in [-0.2, -0.15) is 0 Å². The van der Waals surface area contributed by atoms with Gasteiger partial charge in [0.25, 0.3) is 0 Å². The van der Waals surface area contributed by atoms with Gasteiger partial charge in [-0.1, -0.05) is 33.6 Å². The molecule has 0 spiro atoms. The number of carboxylic acid groups (broad SMARTS) is 2. The van der Waals surface area contributed by atoms with Crippen molar-refractivity contribution >= 4 is 18.3 Å². The lowest BCUT2D eigenvalue weighted by molar-refractivity contribution is -0.141. The Balaban J connectivity index is 0. The van der Waals surface area contributed by atoms with E-state index in [9.17, 15) is 14.4 Å². The highest BCUT2D eigenvalue weighted by Crippen LogP contribution is 2.01. The molecule has 0 aromatic rings. The topological polar surface area (TPSA) is 130 Å². The molecule has 7 heteroatoms. The molecular formula is C13H26N2O5. The van der Waals surface area contributed by atoms with E-state index in [1.807, 2.05) is 20.8 Å². The molecule has 0 bridgehead atoms. The molecule has 0 saturated carbocycles. The molecule has 0 aliphatic carbocycles. The Hall–Kier alpha value is -1.63.